The molecule has 0 bridgehead atoms. The van der Waals surface area contributed by atoms with E-state index in [1.807, 2.05) is 0 Å². The van der Waals surface area contributed by atoms with Gasteiger partial charge >= 0.3 is 0 Å². The average molecular weight is 272 g/mol. The number of pyridine rings is 1. The number of rotatable bonds is 1. The maximum absolute atomic E-state index is 12.4. The molecule has 20 heavy (non-hydrogen) atoms. The molecule has 0 saturated heterocycles. The van der Waals surface area contributed by atoms with Gasteiger partial charge in [0.05, 0.1) is 24.4 Å². The van der Waals surface area contributed by atoms with Crippen molar-refractivity contribution >= 4 is 23.4 Å². The van der Waals surface area contributed by atoms with Crippen LogP contribution < -0.4 is 0 Å². The van der Waals surface area contributed by atoms with Crippen LogP contribution in [0, 0.1) is 0 Å². The molecular formula is C14H12N2O4. The molecular weight excluding hydrogens is 260 g/mol. The van der Waals surface area contributed by atoms with Crippen molar-refractivity contribution in [2.75, 3.05) is 0 Å². The van der Waals surface area contributed by atoms with E-state index in [0.717, 1.165) is 4.90 Å². The molecule has 0 aromatic carbocycles. The summed E-state index contributed by atoms with van der Waals surface area (Å²) in [5.41, 5.74) is 0.988. The van der Waals surface area contributed by atoms with Gasteiger partial charge in [-0.05, 0) is 18.1 Å². The highest BCUT2D eigenvalue weighted by atomic mass is 16.2. The molecule has 6 nitrogen and oxygen atoms in total. The minimum atomic E-state index is -0.805. The first-order chi connectivity index (χ1) is 9.58. The molecule has 1 aromatic rings. The Morgan fingerprint density at radius 3 is 2.70 bits per heavy atom. The molecule has 2 amide bonds. The van der Waals surface area contributed by atoms with Gasteiger partial charge in [-0.3, -0.25) is 29.1 Å². The Bertz CT molecular complexity index is 638. The van der Waals surface area contributed by atoms with Crippen molar-refractivity contribution in [3.05, 3.63) is 29.6 Å². The molecule has 1 aromatic heterocycles. The first kappa shape index (κ1) is 12.7. The largest absolute Gasteiger partial charge is 0.299 e. The highest BCUT2D eigenvalue weighted by Gasteiger charge is 2.41. The maximum atomic E-state index is 12.4. The van der Waals surface area contributed by atoms with Crippen molar-refractivity contribution < 1.29 is 19.2 Å². The zero-order chi connectivity index (χ0) is 14.3. The van der Waals surface area contributed by atoms with Crippen LogP contribution in [-0.2, 0) is 20.8 Å². The molecule has 1 fully saturated rings. The number of hydrogen-bond donors (Lipinski definition) is 0. The summed E-state index contributed by atoms with van der Waals surface area (Å²) in [6.45, 7) is 0. The van der Waals surface area contributed by atoms with Crippen LogP contribution in [0.1, 0.15) is 35.2 Å². The number of fused-ring (bicyclic) bond motifs is 1. The predicted octanol–water partition coefficient (Wildman–Crippen LogP) is 0.297. The van der Waals surface area contributed by atoms with Gasteiger partial charge in [0.15, 0.2) is 5.78 Å². The second-order valence-corrected chi connectivity index (χ2v) is 5.01. The predicted molar refractivity (Wildman–Crippen MR) is 66.8 cm³/mol. The van der Waals surface area contributed by atoms with Gasteiger partial charge in [0, 0.05) is 18.8 Å². The monoisotopic (exact) mass is 272 g/mol. The Hall–Kier alpha value is -2.37. The molecule has 1 aliphatic carbocycles. The minimum Gasteiger partial charge on any atom is -0.299 e. The third-order valence-corrected chi connectivity index (χ3v) is 3.72. The quantitative estimate of drug-likeness (QED) is 0.542. The molecule has 1 saturated carbocycles. The van der Waals surface area contributed by atoms with Crippen LogP contribution in [0.5, 0.6) is 0 Å². The van der Waals surface area contributed by atoms with E-state index in [1.54, 1.807) is 6.07 Å². The summed E-state index contributed by atoms with van der Waals surface area (Å²) in [5.74, 6) is -1.36. The molecule has 6 heteroatoms. The van der Waals surface area contributed by atoms with Gasteiger partial charge in [-0.2, -0.15) is 0 Å². The Morgan fingerprint density at radius 2 is 1.95 bits per heavy atom. The molecule has 3 rings (SSSR count). The lowest BCUT2D eigenvalue weighted by Crippen LogP contribution is -2.53. The Labute approximate surface area is 114 Å². The fraction of sp³-hybridized carbons (Fsp3) is 0.357. The van der Waals surface area contributed by atoms with Gasteiger partial charge in [-0.15, -0.1) is 0 Å². The van der Waals surface area contributed by atoms with Crippen LogP contribution in [-0.4, -0.2) is 39.3 Å². The van der Waals surface area contributed by atoms with Crippen LogP contribution in [0.25, 0.3) is 0 Å². The van der Waals surface area contributed by atoms with Gasteiger partial charge in [0.25, 0.3) is 5.91 Å². The number of hydrogen-bond acceptors (Lipinski definition) is 5. The number of carbonyl (C=O) groups excluding carboxylic acids is 4. The minimum absolute atomic E-state index is 0.0846. The standard InChI is InChI=1S/C14H12N2O4/c17-9-1-2-11(12(18)6-9)16-13(19)5-8-3-4-15-7-10(8)14(16)20/h3-4,7,11H,1-2,5-6H2. The third kappa shape index (κ3) is 1.93. The van der Waals surface area contributed by atoms with Crippen LogP contribution in [0.4, 0.5) is 0 Å². The van der Waals surface area contributed by atoms with Gasteiger partial charge < -0.3 is 0 Å². The van der Waals surface area contributed by atoms with Crippen LogP contribution in [0.2, 0.25) is 0 Å². The van der Waals surface area contributed by atoms with E-state index in [1.165, 1.54) is 12.4 Å². The lowest BCUT2D eigenvalue weighted by atomic mass is 9.89. The van der Waals surface area contributed by atoms with E-state index in [-0.39, 0.29) is 43.2 Å². The summed E-state index contributed by atoms with van der Waals surface area (Å²) in [6.07, 6.45) is 3.29. The maximum Gasteiger partial charge on any atom is 0.263 e. The summed E-state index contributed by atoms with van der Waals surface area (Å²) < 4.78 is 0. The number of Topliss-reactive ketones (excluding diaryl/α,β-unsaturated/α-hetero) is 2. The van der Waals surface area contributed by atoms with Gasteiger partial charge in [0.1, 0.15) is 5.78 Å². The highest BCUT2D eigenvalue weighted by molar-refractivity contribution is 6.14. The van der Waals surface area contributed by atoms with Crippen molar-refractivity contribution in [3.63, 3.8) is 0 Å². The molecule has 0 N–H and O–H groups in total. The van der Waals surface area contributed by atoms with Gasteiger partial charge in [0.2, 0.25) is 5.91 Å². The summed E-state index contributed by atoms with van der Waals surface area (Å²) in [6, 6.07) is 0.829. The number of amides is 2. The highest BCUT2D eigenvalue weighted by Crippen LogP contribution is 2.25. The molecule has 1 unspecified atom stereocenters. The fourth-order valence-electron chi connectivity index (χ4n) is 2.71. The number of ketones is 2. The molecule has 0 radical (unpaired) electrons. The van der Waals surface area contributed by atoms with E-state index in [2.05, 4.69) is 4.98 Å². The van der Waals surface area contributed by atoms with E-state index < -0.39 is 11.9 Å². The summed E-state index contributed by atoms with van der Waals surface area (Å²) in [7, 11) is 0. The van der Waals surface area contributed by atoms with Crippen LogP contribution in [0.3, 0.4) is 0 Å². The summed E-state index contributed by atoms with van der Waals surface area (Å²) in [5, 5.41) is 0. The van der Waals surface area contributed by atoms with Crippen molar-refractivity contribution in [1.82, 2.24) is 9.88 Å². The fourth-order valence-corrected chi connectivity index (χ4v) is 2.71. The Morgan fingerprint density at radius 1 is 1.15 bits per heavy atom. The number of carbonyl (C=O) groups is 4. The topological polar surface area (TPSA) is 84.4 Å². The molecule has 1 aliphatic heterocycles. The number of imide groups is 1. The van der Waals surface area contributed by atoms with E-state index in [4.69, 9.17) is 0 Å². The van der Waals surface area contributed by atoms with Crippen LogP contribution in [0.15, 0.2) is 18.5 Å². The Kier molecular flexibility index (Phi) is 2.93. The lowest BCUT2D eigenvalue weighted by molar-refractivity contribution is -0.141. The van der Waals surface area contributed by atoms with Crippen LogP contribution >= 0.6 is 0 Å². The van der Waals surface area contributed by atoms with Gasteiger partial charge in [-0.25, -0.2) is 0 Å². The van der Waals surface area contributed by atoms with E-state index in [9.17, 15) is 19.2 Å². The zero-order valence-corrected chi connectivity index (χ0v) is 10.7. The van der Waals surface area contributed by atoms with E-state index >= 15 is 0 Å². The molecule has 2 heterocycles. The molecule has 102 valence electrons. The number of aromatic nitrogens is 1. The SMILES string of the molecule is O=C1CCC(N2C(=O)Cc3ccncc3C2=O)C(=O)C1. The first-order valence-corrected chi connectivity index (χ1v) is 6.41. The summed E-state index contributed by atoms with van der Waals surface area (Å²) >= 11 is 0. The van der Waals surface area contributed by atoms with Gasteiger partial charge in [-0.1, -0.05) is 0 Å². The molecule has 1 atom stereocenters. The molecule has 2 aliphatic rings. The lowest BCUT2D eigenvalue weighted by Gasteiger charge is -2.34. The van der Waals surface area contributed by atoms with Crippen molar-refractivity contribution in [2.45, 2.75) is 31.7 Å². The normalized spacial score (nSPS) is 23.0. The molecule has 0 spiro atoms. The van der Waals surface area contributed by atoms with Crippen molar-refractivity contribution in [3.8, 4) is 0 Å². The van der Waals surface area contributed by atoms with Crippen molar-refractivity contribution in [2.24, 2.45) is 0 Å². The van der Waals surface area contributed by atoms with Crippen molar-refractivity contribution in [1.29, 1.82) is 0 Å². The van der Waals surface area contributed by atoms with E-state index in [0.29, 0.717) is 11.1 Å². The number of nitrogens with zero attached hydrogens (tertiary/aromatic N) is 2. The third-order valence-electron chi connectivity index (χ3n) is 3.72. The second kappa shape index (κ2) is 4.63. The Balaban J connectivity index is 1.95. The smallest absolute Gasteiger partial charge is 0.263 e. The average Bonchev–Trinajstić information content (AvgIpc) is 2.41. The first-order valence-electron chi connectivity index (χ1n) is 6.41. The summed E-state index contributed by atoms with van der Waals surface area (Å²) in [4.78, 5) is 52.6. The second-order valence-electron chi connectivity index (χ2n) is 5.01. The zero-order valence-electron chi connectivity index (χ0n) is 10.7.